The maximum Gasteiger partial charge on any atom is 0.303 e. The number of rotatable bonds is 6. The van der Waals surface area contributed by atoms with Crippen LogP contribution in [0.25, 0.3) is 0 Å². The SMILES string of the molecule is Cl.N[C@H](Cc1ccccc1)C(=O)CCC(=O)O. The van der Waals surface area contributed by atoms with E-state index in [1.807, 2.05) is 30.3 Å². The van der Waals surface area contributed by atoms with Gasteiger partial charge in [0.1, 0.15) is 5.78 Å². The molecule has 0 amide bonds. The maximum absolute atomic E-state index is 11.5. The van der Waals surface area contributed by atoms with Gasteiger partial charge in [0.25, 0.3) is 0 Å². The lowest BCUT2D eigenvalue weighted by atomic mass is 10.0. The predicted molar refractivity (Wildman–Crippen MR) is 67.2 cm³/mol. The van der Waals surface area contributed by atoms with E-state index in [0.717, 1.165) is 5.56 Å². The van der Waals surface area contributed by atoms with Crippen molar-refractivity contribution < 1.29 is 14.7 Å². The molecule has 5 heteroatoms. The minimum absolute atomic E-state index is 0. The van der Waals surface area contributed by atoms with Gasteiger partial charge in [-0.25, -0.2) is 0 Å². The van der Waals surface area contributed by atoms with E-state index >= 15 is 0 Å². The van der Waals surface area contributed by atoms with E-state index in [4.69, 9.17) is 10.8 Å². The van der Waals surface area contributed by atoms with E-state index in [-0.39, 0.29) is 31.0 Å². The van der Waals surface area contributed by atoms with E-state index in [0.29, 0.717) is 6.42 Å². The summed E-state index contributed by atoms with van der Waals surface area (Å²) in [5.41, 5.74) is 6.68. The maximum atomic E-state index is 11.5. The number of aliphatic carboxylic acids is 1. The summed E-state index contributed by atoms with van der Waals surface area (Å²) < 4.78 is 0. The van der Waals surface area contributed by atoms with Crippen molar-refractivity contribution in [3.8, 4) is 0 Å². The molecule has 0 aliphatic carbocycles. The van der Waals surface area contributed by atoms with Gasteiger partial charge in [0.2, 0.25) is 0 Å². The number of carbonyl (C=O) groups excluding carboxylic acids is 1. The first-order valence-electron chi connectivity index (χ1n) is 5.13. The summed E-state index contributed by atoms with van der Waals surface area (Å²) in [6.45, 7) is 0. The Bertz CT molecular complexity index is 367. The van der Waals surface area contributed by atoms with E-state index in [2.05, 4.69) is 0 Å². The molecule has 0 saturated heterocycles. The van der Waals surface area contributed by atoms with Gasteiger partial charge in [-0.1, -0.05) is 30.3 Å². The number of carbonyl (C=O) groups is 2. The van der Waals surface area contributed by atoms with Gasteiger partial charge in [-0.15, -0.1) is 12.4 Å². The van der Waals surface area contributed by atoms with Gasteiger partial charge in [-0.05, 0) is 12.0 Å². The van der Waals surface area contributed by atoms with E-state index in [1.165, 1.54) is 0 Å². The van der Waals surface area contributed by atoms with Gasteiger partial charge in [-0.3, -0.25) is 9.59 Å². The molecular weight excluding hydrogens is 242 g/mol. The third-order valence-electron chi connectivity index (χ3n) is 2.30. The number of hydrogen-bond acceptors (Lipinski definition) is 3. The number of nitrogens with two attached hydrogens (primary N) is 1. The fourth-order valence-electron chi connectivity index (χ4n) is 1.40. The standard InChI is InChI=1S/C12H15NO3.ClH/c13-10(11(14)6-7-12(15)16)8-9-4-2-1-3-5-9;/h1-5,10H,6-8,13H2,(H,15,16);1H/t10-;/m1./s1. The molecule has 0 spiro atoms. The molecule has 1 aromatic carbocycles. The second-order valence-electron chi connectivity index (χ2n) is 3.66. The molecule has 1 aromatic rings. The van der Waals surface area contributed by atoms with Crippen molar-refractivity contribution in [2.75, 3.05) is 0 Å². The van der Waals surface area contributed by atoms with Crippen LogP contribution in [0.2, 0.25) is 0 Å². The second-order valence-corrected chi connectivity index (χ2v) is 3.66. The van der Waals surface area contributed by atoms with Crippen molar-refractivity contribution in [1.82, 2.24) is 0 Å². The van der Waals surface area contributed by atoms with Crippen LogP contribution < -0.4 is 5.73 Å². The van der Waals surface area contributed by atoms with Crippen LogP contribution in [-0.2, 0) is 16.0 Å². The van der Waals surface area contributed by atoms with Gasteiger partial charge in [0.05, 0.1) is 12.5 Å². The number of carboxylic acid groups (broad SMARTS) is 1. The first-order valence-corrected chi connectivity index (χ1v) is 5.13. The normalized spacial score (nSPS) is 11.4. The highest BCUT2D eigenvalue weighted by molar-refractivity contribution is 5.86. The number of Topliss-reactive ketones (excluding diaryl/α,β-unsaturated/α-hetero) is 1. The van der Waals surface area contributed by atoms with E-state index in [1.54, 1.807) is 0 Å². The Morgan fingerprint density at radius 1 is 1.18 bits per heavy atom. The van der Waals surface area contributed by atoms with Gasteiger partial charge >= 0.3 is 5.97 Å². The number of carboxylic acids is 1. The van der Waals surface area contributed by atoms with Crippen LogP contribution in [0.3, 0.4) is 0 Å². The Labute approximate surface area is 106 Å². The lowest BCUT2D eigenvalue weighted by molar-refractivity contribution is -0.138. The third kappa shape index (κ3) is 6.04. The zero-order chi connectivity index (χ0) is 12.0. The fourth-order valence-corrected chi connectivity index (χ4v) is 1.40. The summed E-state index contributed by atoms with van der Waals surface area (Å²) >= 11 is 0. The number of benzene rings is 1. The molecule has 0 aromatic heterocycles. The van der Waals surface area contributed by atoms with Crippen LogP contribution >= 0.6 is 12.4 Å². The summed E-state index contributed by atoms with van der Waals surface area (Å²) in [5, 5.41) is 8.44. The summed E-state index contributed by atoms with van der Waals surface area (Å²) in [5.74, 6) is -1.17. The Morgan fingerprint density at radius 2 is 1.76 bits per heavy atom. The summed E-state index contributed by atoms with van der Waals surface area (Å²) in [6, 6.07) is 8.82. The molecular formula is C12H16ClNO3. The van der Waals surface area contributed by atoms with Crippen molar-refractivity contribution in [3.05, 3.63) is 35.9 Å². The highest BCUT2D eigenvalue weighted by Gasteiger charge is 2.14. The Hall–Kier alpha value is -1.39. The molecule has 17 heavy (non-hydrogen) atoms. The molecule has 4 nitrogen and oxygen atoms in total. The van der Waals surface area contributed by atoms with Crippen molar-refractivity contribution in [2.24, 2.45) is 5.73 Å². The predicted octanol–water partition coefficient (Wildman–Crippen LogP) is 1.41. The lowest BCUT2D eigenvalue weighted by Gasteiger charge is -2.09. The van der Waals surface area contributed by atoms with Gasteiger partial charge in [-0.2, -0.15) is 0 Å². The molecule has 94 valence electrons. The molecule has 0 fully saturated rings. The summed E-state index contributed by atoms with van der Waals surface area (Å²) in [7, 11) is 0. The minimum Gasteiger partial charge on any atom is -0.481 e. The average Bonchev–Trinajstić information content (AvgIpc) is 2.27. The number of halogens is 1. The quantitative estimate of drug-likeness (QED) is 0.808. The minimum atomic E-state index is -0.972. The summed E-state index contributed by atoms with van der Waals surface area (Å²) in [6.07, 6.45) is 0.309. The number of ketones is 1. The van der Waals surface area contributed by atoms with Crippen molar-refractivity contribution in [2.45, 2.75) is 25.3 Å². The Kier molecular flexibility index (Phi) is 7.18. The average molecular weight is 258 g/mol. The largest absolute Gasteiger partial charge is 0.481 e. The zero-order valence-electron chi connectivity index (χ0n) is 9.33. The molecule has 0 bridgehead atoms. The van der Waals surface area contributed by atoms with Gasteiger partial charge in [0.15, 0.2) is 0 Å². The molecule has 0 saturated carbocycles. The molecule has 0 radical (unpaired) electrons. The highest BCUT2D eigenvalue weighted by Crippen LogP contribution is 2.04. The van der Waals surface area contributed by atoms with Crippen molar-refractivity contribution >= 4 is 24.2 Å². The second kappa shape index (κ2) is 7.81. The fraction of sp³-hybridized carbons (Fsp3) is 0.333. The van der Waals surface area contributed by atoms with Crippen LogP contribution in [0, 0.1) is 0 Å². The lowest BCUT2D eigenvalue weighted by Crippen LogP contribution is -2.32. The van der Waals surface area contributed by atoms with Crippen molar-refractivity contribution in [3.63, 3.8) is 0 Å². The van der Waals surface area contributed by atoms with Gasteiger partial charge < -0.3 is 10.8 Å². The third-order valence-corrected chi connectivity index (χ3v) is 2.30. The number of hydrogen-bond donors (Lipinski definition) is 2. The molecule has 0 unspecified atom stereocenters. The van der Waals surface area contributed by atoms with Crippen LogP contribution in [0.1, 0.15) is 18.4 Å². The van der Waals surface area contributed by atoms with Gasteiger partial charge in [0, 0.05) is 6.42 Å². The Balaban J connectivity index is 0.00000256. The molecule has 0 heterocycles. The molecule has 1 atom stereocenters. The smallest absolute Gasteiger partial charge is 0.303 e. The monoisotopic (exact) mass is 257 g/mol. The van der Waals surface area contributed by atoms with Crippen LogP contribution in [-0.4, -0.2) is 22.9 Å². The zero-order valence-corrected chi connectivity index (χ0v) is 10.2. The van der Waals surface area contributed by atoms with Crippen molar-refractivity contribution in [1.29, 1.82) is 0 Å². The van der Waals surface area contributed by atoms with Crippen LogP contribution in [0.4, 0.5) is 0 Å². The highest BCUT2D eigenvalue weighted by atomic mass is 35.5. The van der Waals surface area contributed by atoms with Crippen LogP contribution in [0.15, 0.2) is 30.3 Å². The molecule has 3 N–H and O–H groups in total. The first-order chi connectivity index (χ1) is 7.59. The van der Waals surface area contributed by atoms with Crippen LogP contribution in [0.5, 0.6) is 0 Å². The van der Waals surface area contributed by atoms with E-state index < -0.39 is 12.0 Å². The Morgan fingerprint density at radius 3 is 2.29 bits per heavy atom. The first kappa shape index (κ1) is 15.6. The topological polar surface area (TPSA) is 80.4 Å². The molecule has 0 aliphatic rings. The molecule has 1 rings (SSSR count). The molecule has 0 aliphatic heterocycles. The summed E-state index contributed by atoms with van der Waals surface area (Å²) in [4.78, 5) is 21.8. The van der Waals surface area contributed by atoms with E-state index in [9.17, 15) is 9.59 Å².